The summed E-state index contributed by atoms with van der Waals surface area (Å²) in [5, 5.41) is 9.37. The van der Waals surface area contributed by atoms with Gasteiger partial charge in [-0.25, -0.2) is 8.42 Å². The van der Waals surface area contributed by atoms with Gasteiger partial charge in [0.2, 0.25) is 9.84 Å². The fourth-order valence-electron chi connectivity index (χ4n) is 3.61. The van der Waals surface area contributed by atoms with Crippen LogP contribution < -0.4 is 0 Å². The fourth-order valence-corrected chi connectivity index (χ4v) is 5.89. The van der Waals surface area contributed by atoms with E-state index in [0.29, 0.717) is 11.4 Å². The molecule has 0 aliphatic heterocycles. The Labute approximate surface area is 205 Å². The lowest BCUT2D eigenvalue weighted by atomic mass is 10.1. The second kappa shape index (κ2) is 9.49. The minimum absolute atomic E-state index is 0.0913. The lowest BCUT2D eigenvalue weighted by molar-refractivity contribution is -0.137. The number of allylic oxidation sites excluding steroid dienone is 1. The Morgan fingerprint density at radius 1 is 1.09 bits per heavy atom. The number of benzene rings is 2. The van der Waals surface area contributed by atoms with Gasteiger partial charge in [0.15, 0.2) is 0 Å². The smallest absolute Gasteiger partial charge is 0.317 e. The van der Waals surface area contributed by atoms with E-state index >= 15 is 0 Å². The third-order valence-electron chi connectivity index (χ3n) is 5.23. The van der Waals surface area contributed by atoms with E-state index in [1.54, 1.807) is 32.9 Å². The number of nitrogens with zero attached hydrogens (tertiary/aromatic N) is 2. The highest BCUT2D eigenvalue weighted by molar-refractivity contribution is 7.96. The molecule has 10 heteroatoms. The summed E-state index contributed by atoms with van der Waals surface area (Å²) in [6.45, 7) is 5.18. The number of alkyl halides is 3. The molecular weight excluding hydrogens is 508 g/mol. The van der Waals surface area contributed by atoms with Crippen LogP contribution in [0.1, 0.15) is 42.3 Å². The minimum Gasteiger partial charge on any atom is -0.317 e. The van der Waals surface area contributed by atoms with Crippen LogP contribution in [0.2, 0.25) is 10.0 Å². The Bertz CT molecular complexity index is 1410. The molecule has 0 bridgehead atoms. The molecule has 3 aromatic rings. The van der Waals surface area contributed by atoms with Gasteiger partial charge < -0.3 is 4.57 Å². The molecule has 0 spiro atoms. The largest absolute Gasteiger partial charge is 0.418 e. The van der Waals surface area contributed by atoms with Gasteiger partial charge in [0.25, 0.3) is 0 Å². The van der Waals surface area contributed by atoms with E-state index in [1.165, 1.54) is 41.0 Å². The van der Waals surface area contributed by atoms with Crippen molar-refractivity contribution in [2.45, 2.75) is 37.8 Å². The number of halogens is 5. The minimum atomic E-state index is -4.60. The predicted octanol–water partition coefficient (Wildman–Crippen LogP) is 7.57. The lowest BCUT2D eigenvalue weighted by Gasteiger charge is -2.19. The first-order valence-electron chi connectivity index (χ1n) is 10.0. The molecule has 0 saturated carbocycles. The van der Waals surface area contributed by atoms with E-state index in [0.717, 1.165) is 12.1 Å². The highest BCUT2D eigenvalue weighted by Crippen LogP contribution is 2.38. The number of aromatic nitrogens is 1. The van der Waals surface area contributed by atoms with E-state index in [4.69, 9.17) is 23.2 Å². The number of para-hydroxylation sites is 1. The van der Waals surface area contributed by atoms with Crippen molar-refractivity contribution in [2.75, 3.05) is 0 Å². The lowest BCUT2D eigenvalue weighted by Crippen LogP contribution is -2.13. The number of hydrogen-bond acceptors (Lipinski definition) is 3. The monoisotopic (exact) mass is 526 g/mol. The van der Waals surface area contributed by atoms with Crippen LogP contribution in [-0.2, 0) is 16.0 Å². The van der Waals surface area contributed by atoms with Crippen molar-refractivity contribution in [3.8, 4) is 11.8 Å². The summed E-state index contributed by atoms with van der Waals surface area (Å²) in [4.78, 5) is -1.04. The van der Waals surface area contributed by atoms with Crippen molar-refractivity contribution < 1.29 is 21.6 Å². The maximum absolute atomic E-state index is 13.7. The average Bonchev–Trinajstić information content (AvgIpc) is 3.07. The van der Waals surface area contributed by atoms with Gasteiger partial charge in [0.1, 0.15) is 15.9 Å². The van der Waals surface area contributed by atoms with Gasteiger partial charge in [0, 0.05) is 11.4 Å². The van der Waals surface area contributed by atoms with Crippen molar-refractivity contribution in [3.63, 3.8) is 0 Å². The molecule has 1 heterocycles. The van der Waals surface area contributed by atoms with Gasteiger partial charge in [-0.1, -0.05) is 55.2 Å². The molecule has 0 atom stereocenters. The van der Waals surface area contributed by atoms with Crippen LogP contribution in [0, 0.1) is 18.3 Å². The van der Waals surface area contributed by atoms with Gasteiger partial charge in [-0.3, -0.25) is 0 Å². The molecule has 2 aromatic carbocycles. The van der Waals surface area contributed by atoms with Crippen LogP contribution in [0.15, 0.2) is 58.3 Å². The third kappa shape index (κ3) is 4.74. The zero-order valence-electron chi connectivity index (χ0n) is 18.3. The van der Waals surface area contributed by atoms with Crippen molar-refractivity contribution >= 4 is 39.1 Å². The molecule has 1 aromatic heterocycles. The standard InChI is InChI=1S/C24H19Cl2F3N2O2S/c1-14(2)22-12-16(15(3)31(22)21-10-5-4-7-18(21)24(27,28)29)11-17(13-30)34(32,33)23-19(25)8-6-9-20(23)26/h4-12,14H,1-3H3/b17-11+. The molecule has 0 radical (unpaired) electrons. The first-order chi connectivity index (χ1) is 15.8. The molecule has 0 unspecified atom stereocenters. The summed E-state index contributed by atoms with van der Waals surface area (Å²) in [5.74, 6) is -0.206. The highest BCUT2D eigenvalue weighted by Gasteiger charge is 2.35. The molecule has 0 saturated heterocycles. The van der Waals surface area contributed by atoms with E-state index in [1.807, 2.05) is 0 Å². The molecule has 0 aliphatic rings. The molecule has 0 N–H and O–H groups in total. The first-order valence-corrected chi connectivity index (χ1v) is 12.2. The third-order valence-corrected chi connectivity index (χ3v) is 7.85. The van der Waals surface area contributed by atoms with Gasteiger partial charge in [-0.15, -0.1) is 0 Å². The first kappa shape index (κ1) is 25.9. The van der Waals surface area contributed by atoms with E-state index < -0.39 is 31.4 Å². The Kier molecular flexibility index (Phi) is 7.23. The zero-order valence-corrected chi connectivity index (χ0v) is 20.6. The van der Waals surface area contributed by atoms with Crippen molar-refractivity contribution in [2.24, 2.45) is 0 Å². The van der Waals surface area contributed by atoms with Crippen LogP contribution in [-0.4, -0.2) is 13.0 Å². The predicted molar refractivity (Wildman–Crippen MR) is 127 cm³/mol. The highest BCUT2D eigenvalue weighted by atomic mass is 35.5. The Hall–Kier alpha value is -2.73. The van der Waals surface area contributed by atoms with Crippen molar-refractivity contribution in [1.82, 2.24) is 4.57 Å². The molecule has 34 heavy (non-hydrogen) atoms. The molecular formula is C24H19Cl2F3N2O2S. The normalized spacial score (nSPS) is 12.8. The zero-order chi connectivity index (χ0) is 25.4. The van der Waals surface area contributed by atoms with E-state index in [2.05, 4.69) is 0 Å². The van der Waals surface area contributed by atoms with Gasteiger partial charge in [-0.2, -0.15) is 18.4 Å². The molecule has 0 amide bonds. The van der Waals surface area contributed by atoms with Gasteiger partial charge >= 0.3 is 6.18 Å². The summed E-state index contributed by atoms with van der Waals surface area (Å²) < 4.78 is 69.0. The second-order valence-electron chi connectivity index (χ2n) is 7.79. The fraction of sp³-hybridized carbons (Fsp3) is 0.208. The summed E-state index contributed by atoms with van der Waals surface area (Å²) in [5.41, 5.74) is 0.219. The maximum atomic E-state index is 13.7. The van der Waals surface area contributed by atoms with E-state index in [-0.39, 0.29) is 27.2 Å². The number of rotatable bonds is 5. The topological polar surface area (TPSA) is 62.9 Å². The Balaban J connectivity index is 2.29. The number of hydrogen-bond donors (Lipinski definition) is 0. The van der Waals surface area contributed by atoms with Crippen LogP contribution in [0.4, 0.5) is 13.2 Å². The molecule has 0 fully saturated rings. The van der Waals surface area contributed by atoms with E-state index in [9.17, 15) is 26.9 Å². The van der Waals surface area contributed by atoms with Gasteiger partial charge in [0.05, 0.1) is 21.3 Å². The second-order valence-corrected chi connectivity index (χ2v) is 10.5. The summed E-state index contributed by atoms with van der Waals surface area (Å²) in [6, 6.07) is 12.5. The Morgan fingerprint density at radius 3 is 2.21 bits per heavy atom. The number of nitriles is 1. The molecule has 3 rings (SSSR count). The number of sulfone groups is 1. The quantitative estimate of drug-likeness (QED) is 0.322. The van der Waals surface area contributed by atoms with Crippen LogP contribution in [0.3, 0.4) is 0 Å². The average molecular weight is 527 g/mol. The van der Waals surface area contributed by atoms with Crippen molar-refractivity contribution in [3.05, 3.63) is 86.0 Å². The Morgan fingerprint density at radius 2 is 1.68 bits per heavy atom. The molecule has 178 valence electrons. The summed E-state index contributed by atoms with van der Waals surface area (Å²) >= 11 is 12.1. The molecule has 4 nitrogen and oxygen atoms in total. The summed E-state index contributed by atoms with van der Waals surface area (Å²) in [7, 11) is -4.40. The van der Waals surface area contributed by atoms with Crippen LogP contribution in [0.5, 0.6) is 0 Å². The summed E-state index contributed by atoms with van der Waals surface area (Å²) in [6.07, 6.45) is -3.47. The van der Waals surface area contributed by atoms with Crippen LogP contribution >= 0.6 is 23.2 Å². The van der Waals surface area contributed by atoms with Gasteiger partial charge in [-0.05, 0) is 54.8 Å². The SMILES string of the molecule is Cc1c(/C=C(\C#N)S(=O)(=O)c2c(Cl)cccc2Cl)cc(C(C)C)n1-c1ccccc1C(F)(F)F. The van der Waals surface area contributed by atoms with Crippen LogP contribution in [0.25, 0.3) is 11.8 Å². The molecule has 0 aliphatic carbocycles. The van der Waals surface area contributed by atoms with Crippen molar-refractivity contribution in [1.29, 1.82) is 5.26 Å². The maximum Gasteiger partial charge on any atom is 0.418 e.